The van der Waals surface area contributed by atoms with Gasteiger partial charge in [0.05, 0.1) is 25.5 Å². The van der Waals surface area contributed by atoms with Gasteiger partial charge in [-0.15, -0.1) is 0 Å². The van der Waals surface area contributed by atoms with Gasteiger partial charge in [-0.2, -0.15) is 8.78 Å². The van der Waals surface area contributed by atoms with Crippen LogP contribution in [0.25, 0.3) is 11.3 Å². The zero-order chi connectivity index (χ0) is 22.1. The van der Waals surface area contributed by atoms with Crippen LogP contribution in [0.4, 0.5) is 8.78 Å². The van der Waals surface area contributed by atoms with Gasteiger partial charge in [-0.3, -0.25) is 4.79 Å². The minimum atomic E-state index is -2.30. The molecule has 2 aromatic rings. The summed E-state index contributed by atoms with van der Waals surface area (Å²) in [4.78, 5) is 12.9. The highest BCUT2D eigenvalue weighted by Gasteiger charge is 2.26. The van der Waals surface area contributed by atoms with E-state index in [9.17, 15) is 18.7 Å². The number of pyridine rings is 1. The number of aromatic nitrogens is 1. The number of fused-ring (bicyclic) bond motifs is 3. The number of ether oxygens (including phenoxy) is 4. The lowest BCUT2D eigenvalue weighted by atomic mass is 9.89. The quantitative estimate of drug-likeness (QED) is 0.568. The van der Waals surface area contributed by atoms with Crippen LogP contribution in [0.3, 0.4) is 0 Å². The first-order valence-electron chi connectivity index (χ1n) is 9.98. The molecule has 4 rings (SSSR count). The highest BCUT2D eigenvalue weighted by atomic mass is 19.3. The third-order valence-electron chi connectivity index (χ3n) is 5.48. The molecule has 0 saturated carbocycles. The molecule has 0 aliphatic carbocycles. The lowest BCUT2D eigenvalue weighted by Crippen LogP contribution is -2.38. The van der Waals surface area contributed by atoms with E-state index in [4.69, 9.17) is 18.9 Å². The number of benzene rings is 1. The van der Waals surface area contributed by atoms with Gasteiger partial charge in [-0.05, 0) is 37.1 Å². The van der Waals surface area contributed by atoms with Gasteiger partial charge in [0.15, 0.2) is 19.2 Å². The summed E-state index contributed by atoms with van der Waals surface area (Å²) in [5, 5.41) is 9.18. The average Bonchev–Trinajstić information content (AvgIpc) is 2.77. The molecule has 3 heterocycles. The number of aliphatic hydroxyl groups excluding tert-OH is 1. The number of hydrogen-bond acceptors (Lipinski definition) is 6. The molecule has 0 bridgehead atoms. The van der Waals surface area contributed by atoms with Gasteiger partial charge in [0.2, 0.25) is 0 Å². The Morgan fingerprint density at radius 1 is 1.35 bits per heavy atom. The van der Waals surface area contributed by atoms with Gasteiger partial charge in [0.25, 0.3) is 0 Å². The summed E-state index contributed by atoms with van der Waals surface area (Å²) in [6.07, 6.45) is -1.92. The van der Waals surface area contributed by atoms with E-state index in [0.29, 0.717) is 49.7 Å². The molecule has 1 aromatic heterocycles. The first-order chi connectivity index (χ1) is 14.9. The van der Waals surface area contributed by atoms with Crippen molar-refractivity contribution in [3.8, 4) is 22.9 Å². The number of nitrogens with zero attached hydrogens (tertiary/aromatic N) is 1. The molecule has 31 heavy (non-hydrogen) atoms. The van der Waals surface area contributed by atoms with Crippen LogP contribution < -0.4 is 20.4 Å². The molecule has 1 saturated heterocycles. The Balaban J connectivity index is 1.70. The molecule has 0 amide bonds. The number of halogens is 2. The second kappa shape index (κ2) is 8.72. The van der Waals surface area contributed by atoms with Crippen LogP contribution in [-0.2, 0) is 22.4 Å². The van der Waals surface area contributed by atoms with Gasteiger partial charge in [-0.1, -0.05) is 0 Å². The maximum Gasteiger partial charge on any atom is 0.350 e. The fourth-order valence-corrected chi connectivity index (χ4v) is 4.00. The first kappa shape index (κ1) is 21.4. The van der Waals surface area contributed by atoms with E-state index in [0.717, 1.165) is 16.8 Å². The molecule has 0 spiro atoms. The number of hydrogen-bond donors (Lipinski definition) is 1. The molecular formula is C21H22BF2NO6. The summed E-state index contributed by atoms with van der Waals surface area (Å²) < 4.78 is 48.8. The van der Waals surface area contributed by atoms with Gasteiger partial charge in [-0.25, -0.2) is 0 Å². The van der Waals surface area contributed by atoms with Crippen molar-refractivity contribution >= 4 is 13.3 Å². The van der Waals surface area contributed by atoms with E-state index in [1.54, 1.807) is 26.9 Å². The third kappa shape index (κ3) is 4.17. The molecule has 10 heteroatoms. The summed E-state index contributed by atoms with van der Waals surface area (Å²) in [5.74, 6) is -0.842. The highest BCUT2D eigenvalue weighted by molar-refractivity contribution is 6.34. The molecule has 0 radical (unpaired) electrons. The van der Waals surface area contributed by atoms with Crippen LogP contribution in [-0.4, -0.2) is 50.1 Å². The molecule has 164 valence electrons. The van der Waals surface area contributed by atoms with E-state index >= 15 is 0 Å². The summed E-state index contributed by atoms with van der Waals surface area (Å²) >= 11 is 0. The molecule has 1 fully saturated rings. The van der Waals surface area contributed by atoms with Crippen LogP contribution >= 0.6 is 0 Å². The van der Waals surface area contributed by atoms with Crippen molar-refractivity contribution in [2.24, 2.45) is 0 Å². The normalized spacial score (nSPS) is 17.5. The smallest absolute Gasteiger partial charge is 0.350 e. The van der Waals surface area contributed by atoms with Gasteiger partial charge >= 0.3 is 12.0 Å². The fourth-order valence-electron chi connectivity index (χ4n) is 4.00. The summed E-state index contributed by atoms with van der Waals surface area (Å²) in [6, 6.07) is 4.77. The standard InChI is InChI=1S/C21H22BF2NO6/c1-11-17-15-3-2-13(31-21(27)19(23)24)8-12(15)4-5-25(17)20(16(22)18(11)26)30-10-14-9-28-6-7-29-14/h2-3,8,14,27H,4-7,9-10,22H2,1H3/t14-/m0/s1. The molecule has 1 N–H and O–H groups in total. The Morgan fingerprint density at radius 2 is 2.16 bits per heavy atom. The van der Waals surface area contributed by atoms with E-state index in [-0.39, 0.29) is 23.9 Å². The van der Waals surface area contributed by atoms with Gasteiger partial charge < -0.3 is 28.6 Å². The second-order valence-corrected chi connectivity index (χ2v) is 7.50. The molecule has 2 aliphatic heterocycles. The van der Waals surface area contributed by atoms with Crippen LogP contribution in [0.5, 0.6) is 11.6 Å². The van der Waals surface area contributed by atoms with Crippen LogP contribution in [0.15, 0.2) is 35.0 Å². The molecule has 2 aliphatic rings. The maximum absolute atomic E-state index is 12.9. The van der Waals surface area contributed by atoms with Gasteiger partial charge in [0, 0.05) is 23.1 Å². The predicted molar refractivity (Wildman–Crippen MR) is 111 cm³/mol. The monoisotopic (exact) mass is 433 g/mol. The summed E-state index contributed by atoms with van der Waals surface area (Å²) in [5.41, 5.74) is 3.32. The number of rotatable bonds is 5. The van der Waals surface area contributed by atoms with Crippen molar-refractivity contribution in [1.82, 2.24) is 4.57 Å². The Bertz CT molecular complexity index is 1090. The first-order valence-corrected chi connectivity index (χ1v) is 9.98. The SMILES string of the molecule is Bc1c(OC[C@@H]2COCCO2)n2c(c(C)c1=O)-c1ccc(OC(O)=C(F)F)cc1CC2. The van der Waals surface area contributed by atoms with Gasteiger partial charge in [0.1, 0.15) is 18.5 Å². The fraction of sp³-hybridized carbons (Fsp3) is 0.381. The molecule has 1 aromatic carbocycles. The average molecular weight is 433 g/mol. The zero-order valence-electron chi connectivity index (χ0n) is 17.2. The van der Waals surface area contributed by atoms with Crippen molar-refractivity contribution in [1.29, 1.82) is 0 Å². The minimum Gasteiger partial charge on any atom is -0.477 e. The lowest BCUT2D eigenvalue weighted by molar-refractivity contribution is -0.102. The third-order valence-corrected chi connectivity index (χ3v) is 5.48. The highest BCUT2D eigenvalue weighted by Crippen LogP contribution is 2.35. The van der Waals surface area contributed by atoms with Crippen LogP contribution in [0.1, 0.15) is 11.1 Å². The Morgan fingerprint density at radius 3 is 2.87 bits per heavy atom. The summed E-state index contributed by atoms with van der Waals surface area (Å²) in [6.45, 7) is 4.06. The van der Waals surface area contributed by atoms with Crippen molar-refractivity contribution in [3.05, 3.63) is 51.6 Å². The van der Waals surface area contributed by atoms with E-state index in [2.05, 4.69) is 0 Å². The topological polar surface area (TPSA) is 79.2 Å². The van der Waals surface area contributed by atoms with E-state index in [1.165, 1.54) is 6.07 Å². The van der Waals surface area contributed by atoms with Crippen LogP contribution in [0.2, 0.25) is 0 Å². The molecular weight excluding hydrogens is 411 g/mol. The maximum atomic E-state index is 12.9. The van der Waals surface area contributed by atoms with Crippen molar-refractivity contribution in [2.75, 3.05) is 26.4 Å². The number of aliphatic hydroxyl groups is 1. The Labute approximate surface area is 178 Å². The van der Waals surface area contributed by atoms with E-state index < -0.39 is 12.0 Å². The Hall–Kier alpha value is -2.85. The van der Waals surface area contributed by atoms with Crippen molar-refractivity contribution in [3.63, 3.8) is 0 Å². The molecule has 0 unspecified atom stereocenters. The van der Waals surface area contributed by atoms with E-state index in [1.807, 2.05) is 4.57 Å². The Kier molecular flexibility index (Phi) is 6.02. The van der Waals surface area contributed by atoms with Crippen LogP contribution in [0, 0.1) is 6.92 Å². The molecule has 7 nitrogen and oxygen atoms in total. The predicted octanol–water partition coefficient (Wildman–Crippen LogP) is 1.43. The lowest BCUT2D eigenvalue weighted by Gasteiger charge is -2.29. The zero-order valence-corrected chi connectivity index (χ0v) is 17.2. The van der Waals surface area contributed by atoms with Crippen molar-refractivity contribution in [2.45, 2.75) is 26.0 Å². The second-order valence-electron chi connectivity index (χ2n) is 7.50. The largest absolute Gasteiger partial charge is 0.477 e. The van der Waals surface area contributed by atoms with Crippen molar-refractivity contribution < 1.29 is 32.8 Å². The number of aryl methyl sites for hydroxylation is 1. The molecule has 1 atom stereocenters. The minimum absolute atomic E-state index is 0.0931. The summed E-state index contributed by atoms with van der Waals surface area (Å²) in [7, 11) is 1.74.